The molecule has 0 saturated carbocycles. The molecular weight excluding hydrogens is 420 g/mol. The molecule has 0 heterocycles. The maximum atomic E-state index is 12.6. The van der Waals surface area contributed by atoms with Gasteiger partial charge >= 0.3 is 0 Å². The van der Waals surface area contributed by atoms with Crippen LogP contribution < -0.4 is 10.5 Å². The molecule has 0 radical (unpaired) electrons. The molecule has 3 N–H and O–H groups in total. The number of nitrogens with one attached hydrogen (secondary N) is 1. The first kappa shape index (κ1) is 16.3. The van der Waals surface area contributed by atoms with Crippen LogP contribution in [0.3, 0.4) is 0 Å². The predicted molar refractivity (Wildman–Crippen MR) is 93.0 cm³/mol. The molecule has 0 spiro atoms. The minimum atomic E-state index is -3.71. The molecule has 2 aromatic carbocycles. The Morgan fingerprint density at radius 3 is 2.38 bits per heavy atom. The van der Waals surface area contributed by atoms with Crippen LogP contribution in [0.25, 0.3) is 0 Å². The lowest BCUT2D eigenvalue weighted by atomic mass is 10.2. The van der Waals surface area contributed by atoms with Gasteiger partial charge in [0.25, 0.3) is 10.0 Å². The summed E-state index contributed by atoms with van der Waals surface area (Å²) < 4.78 is 29.2. The molecule has 0 saturated heterocycles. The zero-order valence-electron chi connectivity index (χ0n) is 11.4. The molecule has 7 heteroatoms. The SMILES string of the molecule is Cc1ccc(Br)cc1NS(=O)(=O)c1cc(Br)cc(N)c1C. The van der Waals surface area contributed by atoms with Gasteiger partial charge in [-0.1, -0.05) is 37.9 Å². The molecule has 0 fully saturated rings. The number of hydrogen-bond acceptors (Lipinski definition) is 3. The van der Waals surface area contributed by atoms with E-state index in [1.807, 2.05) is 19.1 Å². The van der Waals surface area contributed by atoms with Crippen LogP contribution >= 0.6 is 31.9 Å². The second-order valence-electron chi connectivity index (χ2n) is 4.68. The van der Waals surface area contributed by atoms with Crippen molar-refractivity contribution < 1.29 is 8.42 Å². The van der Waals surface area contributed by atoms with E-state index in [2.05, 4.69) is 36.6 Å². The molecule has 112 valence electrons. The Bertz CT molecular complexity index is 805. The maximum absolute atomic E-state index is 12.6. The number of anilines is 2. The number of halogens is 2. The molecular formula is C14H14Br2N2O2S. The van der Waals surface area contributed by atoms with E-state index in [0.717, 1.165) is 10.0 Å². The highest BCUT2D eigenvalue weighted by Crippen LogP contribution is 2.29. The van der Waals surface area contributed by atoms with Gasteiger partial charge in [-0.25, -0.2) is 8.42 Å². The summed E-state index contributed by atoms with van der Waals surface area (Å²) in [5, 5.41) is 0. The summed E-state index contributed by atoms with van der Waals surface area (Å²) in [6.45, 7) is 3.52. The van der Waals surface area contributed by atoms with E-state index in [0.29, 0.717) is 21.4 Å². The van der Waals surface area contributed by atoms with Crippen LogP contribution in [0.1, 0.15) is 11.1 Å². The number of hydrogen-bond donors (Lipinski definition) is 2. The molecule has 0 amide bonds. The van der Waals surface area contributed by atoms with Crippen molar-refractivity contribution in [2.45, 2.75) is 18.7 Å². The number of aryl methyl sites for hydroxylation is 1. The van der Waals surface area contributed by atoms with Crippen LogP contribution in [0.2, 0.25) is 0 Å². The minimum absolute atomic E-state index is 0.161. The number of rotatable bonds is 3. The highest BCUT2D eigenvalue weighted by molar-refractivity contribution is 9.10. The fourth-order valence-corrected chi connectivity index (χ4v) is 4.27. The van der Waals surface area contributed by atoms with Crippen molar-refractivity contribution in [1.29, 1.82) is 0 Å². The molecule has 0 bridgehead atoms. The van der Waals surface area contributed by atoms with Crippen molar-refractivity contribution in [2.75, 3.05) is 10.5 Å². The predicted octanol–water partition coefficient (Wildman–Crippen LogP) is 4.21. The molecule has 4 nitrogen and oxygen atoms in total. The van der Waals surface area contributed by atoms with Crippen LogP contribution in [0.15, 0.2) is 44.2 Å². The van der Waals surface area contributed by atoms with Crippen molar-refractivity contribution in [2.24, 2.45) is 0 Å². The third-order valence-corrected chi connectivity index (χ3v) is 5.54. The molecule has 0 atom stereocenters. The van der Waals surface area contributed by atoms with Gasteiger partial charge in [0.1, 0.15) is 0 Å². The number of nitrogen functional groups attached to an aromatic ring is 1. The zero-order chi connectivity index (χ0) is 15.8. The highest BCUT2D eigenvalue weighted by atomic mass is 79.9. The van der Waals surface area contributed by atoms with Gasteiger partial charge in [-0.15, -0.1) is 0 Å². The Morgan fingerprint density at radius 2 is 1.71 bits per heavy atom. The topological polar surface area (TPSA) is 72.2 Å². The largest absolute Gasteiger partial charge is 0.398 e. The minimum Gasteiger partial charge on any atom is -0.398 e. The normalized spacial score (nSPS) is 11.4. The summed E-state index contributed by atoms with van der Waals surface area (Å²) >= 11 is 6.61. The number of sulfonamides is 1. The fourth-order valence-electron chi connectivity index (χ4n) is 1.86. The van der Waals surface area contributed by atoms with Crippen LogP contribution in [-0.2, 0) is 10.0 Å². The Balaban J connectivity index is 2.51. The van der Waals surface area contributed by atoms with Gasteiger partial charge in [-0.05, 0) is 49.2 Å². The molecule has 21 heavy (non-hydrogen) atoms. The van der Waals surface area contributed by atoms with Crippen molar-refractivity contribution >= 4 is 53.3 Å². The van der Waals surface area contributed by atoms with Gasteiger partial charge < -0.3 is 5.73 Å². The van der Waals surface area contributed by atoms with Crippen LogP contribution in [0.5, 0.6) is 0 Å². The van der Waals surface area contributed by atoms with Crippen LogP contribution in [0.4, 0.5) is 11.4 Å². The summed E-state index contributed by atoms with van der Waals surface area (Å²) in [4.78, 5) is 0.161. The van der Waals surface area contributed by atoms with E-state index in [-0.39, 0.29) is 4.90 Å². The molecule has 0 aliphatic heterocycles. The average Bonchev–Trinajstić information content (AvgIpc) is 2.37. The van der Waals surface area contributed by atoms with Crippen LogP contribution in [-0.4, -0.2) is 8.42 Å². The van der Waals surface area contributed by atoms with Gasteiger partial charge in [0.15, 0.2) is 0 Å². The summed E-state index contributed by atoms with van der Waals surface area (Å²) in [5.74, 6) is 0. The first-order valence-electron chi connectivity index (χ1n) is 6.05. The Kier molecular flexibility index (Phi) is 4.65. The van der Waals surface area contributed by atoms with E-state index in [1.165, 1.54) is 0 Å². The third kappa shape index (κ3) is 3.59. The molecule has 2 rings (SSSR count). The Labute approximate surface area is 141 Å². The van der Waals surface area contributed by atoms with Gasteiger partial charge in [-0.2, -0.15) is 0 Å². The van der Waals surface area contributed by atoms with Gasteiger partial charge in [0.2, 0.25) is 0 Å². The monoisotopic (exact) mass is 432 g/mol. The molecule has 0 unspecified atom stereocenters. The van der Waals surface area contributed by atoms with Gasteiger partial charge in [0.05, 0.1) is 10.6 Å². The highest BCUT2D eigenvalue weighted by Gasteiger charge is 2.20. The smallest absolute Gasteiger partial charge is 0.262 e. The van der Waals surface area contributed by atoms with E-state index in [4.69, 9.17) is 5.73 Å². The third-order valence-electron chi connectivity index (χ3n) is 3.10. The van der Waals surface area contributed by atoms with Gasteiger partial charge in [-0.3, -0.25) is 4.72 Å². The zero-order valence-corrected chi connectivity index (χ0v) is 15.4. The van der Waals surface area contributed by atoms with Crippen molar-refractivity contribution in [1.82, 2.24) is 0 Å². The van der Waals surface area contributed by atoms with E-state index in [1.54, 1.807) is 25.1 Å². The fraction of sp³-hybridized carbons (Fsp3) is 0.143. The molecule has 0 aliphatic carbocycles. The van der Waals surface area contributed by atoms with Crippen LogP contribution in [0, 0.1) is 13.8 Å². The summed E-state index contributed by atoms with van der Waals surface area (Å²) in [6.07, 6.45) is 0. The summed E-state index contributed by atoms with van der Waals surface area (Å²) in [5.41, 5.74) is 8.15. The lowest BCUT2D eigenvalue weighted by Gasteiger charge is -2.14. The lowest BCUT2D eigenvalue weighted by molar-refractivity contribution is 0.600. The first-order valence-corrected chi connectivity index (χ1v) is 9.12. The first-order chi connectivity index (χ1) is 9.70. The van der Waals surface area contributed by atoms with E-state index >= 15 is 0 Å². The standard InChI is InChI=1S/C14H14Br2N2O2S/c1-8-3-4-10(15)6-13(8)18-21(19,20)14-7-11(16)5-12(17)9(14)2/h3-7,18H,17H2,1-2H3. The molecule has 0 aliphatic rings. The second kappa shape index (κ2) is 5.98. The van der Waals surface area contributed by atoms with E-state index < -0.39 is 10.0 Å². The lowest BCUT2D eigenvalue weighted by Crippen LogP contribution is -2.15. The number of nitrogens with two attached hydrogens (primary N) is 1. The quantitative estimate of drug-likeness (QED) is 0.712. The Hall–Kier alpha value is -1.05. The van der Waals surface area contributed by atoms with Crippen molar-refractivity contribution in [3.8, 4) is 0 Å². The Morgan fingerprint density at radius 1 is 1.05 bits per heavy atom. The summed E-state index contributed by atoms with van der Waals surface area (Å²) in [7, 11) is -3.71. The molecule has 2 aromatic rings. The van der Waals surface area contributed by atoms with Crippen molar-refractivity contribution in [3.63, 3.8) is 0 Å². The van der Waals surface area contributed by atoms with E-state index in [9.17, 15) is 8.42 Å². The van der Waals surface area contributed by atoms with Crippen molar-refractivity contribution in [3.05, 3.63) is 50.4 Å². The summed E-state index contributed by atoms with van der Waals surface area (Å²) in [6, 6.07) is 8.64. The average molecular weight is 434 g/mol. The maximum Gasteiger partial charge on any atom is 0.262 e. The number of benzene rings is 2. The molecule has 0 aromatic heterocycles. The second-order valence-corrected chi connectivity index (χ2v) is 8.17. The van der Waals surface area contributed by atoms with Gasteiger partial charge in [0, 0.05) is 14.6 Å².